The van der Waals surface area contributed by atoms with Gasteiger partial charge in [0.25, 0.3) is 5.56 Å². The van der Waals surface area contributed by atoms with Crippen LogP contribution in [0.2, 0.25) is 0 Å². The lowest BCUT2D eigenvalue weighted by molar-refractivity contribution is 0.726. The van der Waals surface area contributed by atoms with Crippen molar-refractivity contribution in [1.29, 1.82) is 5.26 Å². The number of aromatic amines is 1. The highest BCUT2D eigenvalue weighted by atomic mass is 32.2. The molecule has 0 aliphatic rings. The molecule has 0 atom stereocenters. The fraction of sp³-hybridized carbons (Fsp3) is 0.214. The van der Waals surface area contributed by atoms with Gasteiger partial charge >= 0.3 is 0 Å². The second kappa shape index (κ2) is 6.89. The van der Waals surface area contributed by atoms with Crippen LogP contribution in [-0.2, 0) is 6.54 Å². The molecule has 0 spiro atoms. The zero-order valence-corrected chi connectivity index (χ0v) is 11.8. The zero-order valence-electron chi connectivity index (χ0n) is 11.0. The van der Waals surface area contributed by atoms with E-state index in [1.54, 1.807) is 0 Å². The van der Waals surface area contributed by atoms with Gasteiger partial charge in [0, 0.05) is 23.7 Å². The molecule has 0 unspecified atom stereocenters. The monoisotopic (exact) mass is 286 g/mol. The van der Waals surface area contributed by atoms with Crippen molar-refractivity contribution < 1.29 is 0 Å². The second-order valence-corrected chi connectivity index (χ2v) is 5.09. The molecule has 102 valence electrons. The molecule has 20 heavy (non-hydrogen) atoms. The second-order valence-electron chi connectivity index (χ2n) is 4.06. The molecule has 0 aliphatic heterocycles. The molecule has 5 nitrogen and oxygen atoms in total. The van der Waals surface area contributed by atoms with E-state index in [1.807, 2.05) is 25.1 Å². The maximum absolute atomic E-state index is 11.2. The van der Waals surface area contributed by atoms with Crippen molar-refractivity contribution in [3.8, 4) is 6.07 Å². The minimum absolute atomic E-state index is 0.204. The van der Waals surface area contributed by atoms with E-state index in [0.29, 0.717) is 10.7 Å². The van der Waals surface area contributed by atoms with Crippen LogP contribution in [0.3, 0.4) is 0 Å². The Bertz CT molecular complexity index is 690. The van der Waals surface area contributed by atoms with E-state index < -0.39 is 0 Å². The summed E-state index contributed by atoms with van der Waals surface area (Å²) in [6, 6.07) is 9.23. The molecular formula is C14H14N4OS. The molecule has 2 rings (SSSR count). The molecular weight excluding hydrogens is 272 g/mol. The quantitative estimate of drug-likeness (QED) is 0.820. The van der Waals surface area contributed by atoms with Crippen molar-refractivity contribution >= 4 is 11.8 Å². The van der Waals surface area contributed by atoms with Gasteiger partial charge in [-0.3, -0.25) is 4.79 Å². The van der Waals surface area contributed by atoms with E-state index in [-0.39, 0.29) is 5.56 Å². The minimum Gasteiger partial charge on any atom is -0.313 e. The molecule has 2 aromatic rings. The summed E-state index contributed by atoms with van der Waals surface area (Å²) in [6.45, 7) is 3.65. The number of hydrogen-bond donors (Lipinski definition) is 2. The summed E-state index contributed by atoms with van der Waals surface area (Å²) < 4.78 is 0. The Hall–Kier alpha value is -2.10. The van der Waals surface area contributed by atoms with Gasteiger partial charge in [0.15, 0.2) is 5.16 Å². The summed E-state index contributed by atoms with van der Waals surface area (Å²) in [6.07, 6.45) is 1.45. The Balaban J connectivity index is 2.24. The molecule has 0 bridgehead atoms. The van der Waals surface area contributed by atoms with Gasteiger partial charge in [0.05, 0.1) is 5.56 Å². The molecule has 0 saturated carbocycles. The maximum atomic E-state index is 11.2. The third-order valence-corrected chi connectivity index (χ3v) is 3.57. The number of rotatable bonds is 5. The molecule has 0 amide bonds. The first-order valence-electron chi connectivity index (χ1n) is 6.20. The van der Waals surface area contributed by atoms with E-state index >= 15 is 0 Å². The summed E-state index contributed by atoms with van der Waals surface area (Å²) in [7, 11) is 0. The van der Waals surface area contributed by atoms with Gasteiger partial charge in [-0.15, -0.1) is 0 Å². The van der Waals surface area contributed by atoms with Gasteiger partial charge in [0.2, 0.25) is 0 Å². The van der Waals surface area contributed by atoms with Crippen LogP contribution in [0.4, 0.5) is 0 Å². The zero-order chi connectivity index (χ0) is 14.4. The lowest BCUT2D eigenvalue weighted by atomic mass is 10.1. The standard InChI is InChI=1S/C14H14N4OS/c1-2-16-9-10-3-4-12(11(7-10)8-15)20-14-17-6-5-13(19)18-14/h3-7,16H,2,9H2,1H3,(H,17,18,19). The molecule has 0 saturated heterocycles. The predicted octanol–water partition coefficient (Wildman–Crippen LogP) is 1.90. The third-order valence-electron chi connectivity index (χ3n) is 2.60. The van der Waals surface area contributed by atoms with Crippen LogP contribution in [0.5, 0.6) is 0 Å². The van der Waals surface area contributed by atoms with Crippen LogP contribution in [0, 0.1) is 11.3 Å². The molecule has 0 radical (unpaired) electrons. The summed E-state index contributed by atoms with van der Waals surface area (Å²) >= 11 is 1.28. The van der Waals surface area contributed by atoms with Crippen molar-refractivity contribution in [2.45, 2.75) is 23.5 Å². The highest BCUT2D eigenvalue weighted by Crippen LogP contribution is 2.27. The maximum Gasteiger partial charge on any atom is 0.251 e. The summed E-state index contributed by atoms with van der Waals surface area (Å²) in [4.78, 5) is 18.7. The lowest BCUT2D eigenvalue weighted by Crippen LogP contribution is -2.11. The number of nitriles is 1. The predicted molar refractivity (Wildman–Crippen MR) is 77.5 cm³/mol. The topological polar surface area (TPSA) is 81.6 Å². The van der Waals surface area contributed by atoms with E-state index in [0.717, 1.165) is 23.5 Å². The van der Waals surface area contributed by atoms with Crippen molar-refractivity contribution in [3.05, 3.63) is 51.9 Å². The van der Waals surface area contributed by atoms with Crippen LogP contribution in [0.15, 0.2) is 45.3 Å². The number of nitrogens with one attached hydrogen (secondary N) is 2. The number of benzene rings is 1. The fourth-order valence-electron chi connectivity index (χ4n) is 1.64. The SMILES string of the molecule is CCNCc1ccc(Sc2nccc(=O)[nH]2)c(C#N)c1. The first-order chi connectivity index (χ1) is 9.72. The smallest absolute Gasteiger partial charge is 0.251 e. The fourth-order valence-corrected chi connectivity index (χ4v) is 2.46. The van der Waals surface area contributed by atoms with E-state index in [4.69, 9.17) is 0 Å². The summed E-state index contributed by atoms with van der Waals surface area (Å²) in [5.74, 6) is 0. The molecule has 1 aromatic heterocycles. The minimum atomic E-state index is -0.204. The van der Waals surface area contributed by atoms with Gasteiger partial charge in [0.1, 0.15) is 6.07 Å². The Labute approximate surface area is 121 Å². The van der Waals surface area contributed by atoms with Gasteiger partial charge in [-0.2, -0.15) is 5.26 Å². The van der Waals surface area contributed by atoms with Gasteiger partial charge in [-0.1, -0.05) is 24.8 Å². The molecule has 1 heterocycles. The van der Waals surface area contributed by atoms with Crippen molar-refractivity contribution in [3.63, 3.8) is 0 Å². The Kier molecular flexibility index (Phi) is 4.93. The van der Waals surface area contributed by atoms with E-state index in [1.165, 1.54) is 24.0 Å². The highest BCUT2D eigenvalue weighted by molar-refractivity contribution is 7.99. The number of nitrogens with zero attached hydrogens (tertiary/aromatic N) is 2. The van der Waals surface area contributed by atoms with Gasteiger partial charge < -0.3 is 10.3 Å². The number of aromatic nitrogens is 2. The highest BCUT2D eigenvalue weighted by Gasteiger charge is 2.07. The summed E-state index contributed by atoms with van der Waals surface area (Å²) in [5.41, 5.74) is 1.43. The molecule has 6 heteroatoms. The van der Waals surface area contributed by atoms with Gasteiger partial charge in [-0.25, -0.2) is 4.98 Å². The molecule has 2 N–H and O–H groups in total. The average molecular weight is 286 g/mol. The van der Waals surface area contributed by atoms with Crippen molar-refractivity contribution in [1.82, 2.24) is 15.3 Å². The van der Waals surface area contributed by atoms with E-state index in [9.17, 15) is 10.1 Å². The van der Waals surface area contributed by atoms with Crippen LogP contribution < -0.4 is 10.9 Å². The first-order valence-corrected chi connectivity index (χ1v) is 7.01. The molecule has 0 aliphatic carbocycles. The van der Waals surface area contributed by atoms with Crippen LogP contribution in [0.25, 0.3) is 0 Å². The third kappa shape index (κ3) is 3.70. The van der Waals surface area contributed by atoms with Crippen molar-refractivity contribution in [2.24, 2.45) is 0 Å². The number of H-pyrrole nitrogens is 1. The van der Waals surface area contributed by atoms with Crippen LogP contribution >= 0.6 is 11.8 Å². The summed E-state index contributed by atoms with van der Waals surface area (Å²) in [5, 5.41) is 12.9. The Morgan fingerprint density at radius 3 is 3.00 bits per heavy atom. The van der Waals surface area contributed by atoms with Gasteiger partial charge in [-0.05, 0) is 24.2 Å². The Morgan fingerprint density at radius 1 is 1.45 bits per heavy atom. The number of hydrogen-bond acceptors (Lipinski definition) is 5. The normalized spacial score (nSPS) is 10.2. The Morgan fingerprint density at radius 2 is 2.30 bits per heavy atom. The lowest BCUT2D eigenvalue weighted by Gasteiger charge is -2.06. The average Bonchev–Trinajstić information content (AvgIpc) is 2.46. The van der Waals surface area contributed by atoms with Crippen LogP contribution in [0.1, 0.15) is 18.1 Å². The largest absolute Gasteiger partial charge is 0.313 e. The van der Waals surface area contributed by atoms with Crippen molar-refractivity contribution in [2.75, 3.05) is 6.54 Å². The first kappa shape index (κ1) is 14.3. The van der Waals surface area contributed by atoms with Crippen LogP contribution in [-0.4, -0.2) is 16.5 Å². The molecule has 1 aromatic carbocycles. The molecule has 0 fully saturated rings. The van der Waals surface area contributed by atoms with E-state index in [2.05, 4.69) is 21.4 Å².